The van der Waals surface area contributed by atoms with Gasteiger partial charge < -0.3 is 4.98 Å². The molecule has 2 heterocycles. The van der Waals surface area contributed by atoms with E-state index < -0.39 is 0 Å². The molecule has 1 aliphatic heterocycles. The summed E-state index contributed by atoms with van der Waals surface area (Å²) in [5.74, 6) is 0.859. The van der Waals surface area contributed by atoms with Crippen molar-refractivity contribution in [2.75, 3.05) is 26.2 Å². The fourth-order valence-electron chi connectivity index (χ4n) is 3.25. The van der Waals surface area contributed by atoms with Crippen LogP contribution in [0.4, 0.5) is 4.39 Å². The number of imidazole rings is 1. The average molecular weight is 324 g/mol. The van der Waals surface area contributed by atoms with E-state index in [1.165, 1.54) is 17.7 Å². The van der Waals surface area contributed by atoms with Crippen molar-refractivity contribution in [3.05, 3.63) is 65.7 Å². The lowest BCUT2D eigenvalue weighted by atomic mass is 10.2. The van der Waals surface area contributed by atoms with Crippen LogP contribution in [0.2, 0.25) is 0 Å². The number of rotatable bonds is 4. The van der Waals surface area contributed by atoms with Crippen LogP contribution in [0.1, 0.15) is 11.4 Å². The molecule has 0 unspecified atom stereocenters. The minimum Gasteiger partial charge on any atom is -0.341 e. The van der Waals surface area contributed by atoms with Gasteiger partial charge in [-0.3, -0.25) is 9.80 Å². The second-order valence-corrected chi connectivity index (χ2v) is 6.38. The Hall–Kier alpha value is -2.24. The Balaban J connectivity index is 1.31. The molecule has 3 aromatic rings. The fraction of sp³-hybridized carbons (Fsp3) is 0.316. The molecule has 4 nitrogen and oxygen atoms in total. The lowest BCUT2D eigenvalue weighted by Crippen LogP contribution is -2.45. The highest BCUT2D eigenvalue weighted by Crippen LogP contribution is 2.14. The highest BCUT2D eigenvalue weighted by atomic mass is 19.1. The Morgan fingerprint density at radius 2 is 1.54 bits per heavy atom. The molecule has 0 aliphatic carbocycles. The predicted molar refractivity (Wildman–Crippen MR) is 93.0 cm³/mol. The quantitative estimate of drug-likeness (QED) is 0.801. The SMILES string of the molecule is Fc1ccc(CN2CCN(Cc3nc4ccccc4[nH]3)CC2)cc1. The van der Waals surface area contributed by atoms with Gasteiger partial charge in [-0.1, -0.05) is 24.3 Å². The summed E-state index contributed by atoms with van der Waals surface area (Å²) in [7, 11) is 0. The van der Waals surface area contributed by atoms with E-state index in [4.69, 9.17) is 0 Å². The van der Waals surface area contributed by atoms with Gasteiger partial charge in [0.1, 0.15) is 11.6 Å². The highest BCUT2D eigenvalue weighted by molar-refractivity contribution is 5.74. The largest absolute Gasteiger partial charge is 0.341 e. The van der Waals surface area contributed by atoms with Gasteiger partial charge in [-0.05, 0) is 29.8 Å². The van der Waals surface area contributed by atoms with Gasteiger partial charge in [-0.15, -0.1) is 0 Å². The summed E-state index contributed by atoms with van der Waals surface area (Å²) in [6.07, 6.45) is 0. The third-order valence-corrected chi connectivity index (χ3v) is 4.60. The maximum absolute atomic E-state index is 13.0. The van der Waals surface area contributed by atoms with E-state index in [0.29, 0.717) is 0 Å². The van der Waals surface area contributed by atoms with E-state index in [2.05, 4.69) is 25.8 Å². The standard InChI is InChI=1S/C19H21FN4/c20-16-7-5-15(6-8-16)13-23-9-11-24(12-10-23)14-19-21-17-3-1-2-4-18(17)22-19/h1-8H,9-14H2,(H,21,22). The van der Waals surface area contributed by atoms with Crippen molar-refractivity contribution in [1.29, 1.82) is 0 Å². The van der Waals surface area contributed by atoms with Crippen molar-refractivity contribution in [2.45, 2.75) is 13.1 Å². The molecule has 4 rings (SSSR count). The van der Waals surface area contributed by atoms with Crippen molar-refractivity contribution in [1.82, 2.24) is 19.8 Å². The van der Waals surface area contributed by atoms with Crippen LogP contribution >= 0.6 is 0 Å². The first-order valence-electron chi connectivity index (χ1n) is 8.39. The number of nitrogens with one attached hydrogen (secondary N) is 1. The van der Waals surface area contributed by atoms with Gasteiger partial charge in [0.25, 0.3) is 0 Å². The van der Waals surface area contributed by atoms with Crippen molar-refractivity contribution in [3.63, 3.8) is 0 Å². The van der Waals surface area contributed by atoms with Gasteiger partial charge in [0, 0.05) is 32.7 Å². The number of para-hydroxylation sites is 2. The van der Waals surface area contributed by atoms with Gasteiger partial charge in [0.15, 0.2) is 0 Å². The molecule has 5 heteroatoms. The van der Waals surface area contributed by atoms with E-state index in [9.17, 15) is 4.39 Å². The van der Waals surface area contributed by atoms with Gasteiger partial charge >= 0.3 is 0 Å². The normalized spacial score (nSPS) is 16.7. The average Bonchev–Trinajstić information content (AvgIpc) is 3.01. The van der Waals surface area contributed by atoms with Crippen LogP contribution in [0.15, 0.2) is 48.5 Å². The predicted octanol–water partition coefficient (Wildman–Crippen LogP) is 3.02. The topological polar surface area (TPSA) is 35.2 Å². The number of fused-ring (bicyclic) bond motifs is 1. The van der Waals surface area contributed by atoms with E-state index in [0.717, 1.165) is 56.1 Å². The summed E-state index contributed by atoms with van der Waals surface area (Å²) in [5.41, 5.74) is 3.30. The molecule has 1 saturated heterocycles. The zero-order valence-corrected chi connectivity index (χ0v) is 13.6. The summed E-state index contributed by atoms with van der Waals surface area (Å²) in [6, 6.07) is 15.0. The van der Waals surface area contributed by atoms with E-state index in [-0.39, 0.29) is 5.82 Å². The maximum atomic E-state index is 13.0. The third-order valence-electron chi connectivity index (χ3n) is 4.60. The molecule has 0 bridgehead atoms. The second kappa shape index (κ2) is 6.71. The highest BCUT2D eigenvalue weighted by Gasteiger charge is 2.18. The summed E-state index contributed by atoms with van der Waals surface area (Å²) in [6.45, 7) is 5.85. The molecule has 124 valence electrons. The molecule has 0 radical (unpaired) electrons. The zero-order valence-electron chi connectivity index (χ0n) is 13.6. The molecule has 2 aromatic carbocycles. The Morgan fingerprint density at radius 3 is 2.25 bits per heavy atom. The number of H-pyrrole nitrogens is 1. The maximum Gasteiger partial charge on any atom is 0.123 e. The van der Waals surface area contributed by atoms with Crippen LogP contribution in [0, 0.1) is 5.82 Å². The third kappa shape index (κ3) is 3.47. The molecule has 1 N–H and O–H groups in total. The monoisotopic (exact) mass is 324 g/mol. The Labute approximate surface area is 140 Å². The Bertz CT molecular complexity index is 771. The molecular formula is C19H21FN4. The summed E-state index contributed by atoms with van der Waals surface area (Å²) < 4.78 is 13.0. The lowest BCUT2D eigenvalue weighted by molar-refractivity contribution is 0.120. The van der Waals surface area contributed by atoms with Crippen molar-refractivity contribution in [3.8, 4) is 0 Å². The van der Waals surface area contributed by atoms with Gasteiger partial charge in [-0.2, -0.15) is 0 Å². The van der Waals surface area contributed by atoms with Crippen molar-refractivity contribution in [2.24, 2.45) is 0 Å². The summed E-state index contributed by atoms with van der Waals surface area (Å²) in [5, 5.41) is 0. The second-order valence-electron chi connectivity index (χ2n) is 6.38. The number of nitrogens with zero attached hydrogens (tertiary/aromatic N) is 3. The van der Waals surface area contributed by atoms with E-state index in [1.807, 2.05) is 30.3 Å². The minimum atomic E-state index is -0.172. The van der Waals surface area contributed by atoms with Crippen molar-refractivity contribution < 1.29 is 4.39 Å². The van der Waals surface area contributed by atoms with Gasteiger partial charge in [0.2, 0.25) is 0 Å². The number of hydrogen-bond donors (Lipinski definition) is 1. The van der Waals surface area contributed by atoms with Gasteiger partial charge in [-0.25, -0.2) is 9.37 Å². The molecule has 1 fully saturated rings. The first-order valence-corrected chi connectivity index (χ1v) is 8.39. The number of halogens is 1. The number of hydrogen-bond acceptors (Lipinski definition) is 3. The molecule has 0 saturated carbocycles. The molecular weight excluding hydrogens is 303 g/mol. The van der Waals surface area contributed by atoms with E-state index in [1.54, 1.807) is 0 Å². The Morgan fingerprint density at radius 1 is 0.875 bits per heavy atom. The Kier molecular flexibility index (Phi) is 4.28. The fourth-order valence-corrected chi connectivity index (χ4v) is 3.25. The number of benzene rings is 2. The van der Waals surface area contributed by atoms with Crippen LogP contribution in [0.3, 0.4) is 0 Å². The first-order chi connectivity index (χ1) is 11.8. The van der Waals surface area contributed by atoms with Crippen molar-refractivity contribution >= 4 is 11.0 Å². The van der Waals surface area contributed by atoms with Crippen LogP contribution in [0.5, 0.6) is 0 Å². The minimum absolute atomic E-state index is 0.172. The van der Waals surface area contributed by atoms with Crippen LogP contribution in [-0.2, 0) is 13.1 Å². The van der Waals surface area contributed by atoms with Crippen LogP contribution < -0.4 is 0 Å². The van der Waals surface area contributed by atoms with E-state index >= 15 is 0 Å². The molecule has 1 aliphatic rings. The number of piperazine rings is 1. The van der Waals surface area contributed by atoms with Crippen LogP contribution in [-0.4, -0.2) is 45.9 Å². The zero-order chi connectivity index (χ0) is 16.4. The molecule has 24 heavy (non-hydrogen) atoms. The smallest absolute Gasteiger partial charge is 0.123 e. The summed E-state index contributed by atoms with van der Waals surface area (Å²) >= 11 is 0. The van der Waals surface area contributed by atoms with Gasteiger partial charge in [0.05, 0.1) is 17.6 Å². The number of aromatic amines is 1. The number of aromatic nitrogens is 2. The molecule has 0 amide bonds. The lowest BCUT2D eigenvalue weighted by Gasteiger charge is -2.34. The van der Waals surface area contributed by atoms with Crippen LogP contribution in [0.25, 0.3) is 11.0 Å². The molecule has 0 atom stereocenters. The molecule has 1 aromatic heterocycles. The summed E-state index contributed by atoms with van der Waals surface area (Å²) in [4.78, 5) is 12.9. The first kappa shape index (κ1) is 15.3. The molecule has 0 spiro atoms.